The second-order valence-electron chi connectivity index (χ2n) is 9.68. The number of thiol groups is 2. The molecule has 0 aliphatic rings. The minimum absolute atomic E-state index is 0.286. The number of rotatable bonds is 8. The summed E-state index contributed by atoms with van der Waals surface area (Å²) in [6, 6.07) is 25.5. The molecule has 50 heavy (non-hydrogen) atoms. The molecule has 0 atom stereocenters. The monoisotopic (exact) mass is 724 g/mol. The van der Waals surface area contributed by atoms with Crippen LogP contribution < -0.4 is 66.3 Å². The lowest BCUT2D eigenvalue weighted by Gasteiger charge is -2.09. The molecule has 0 heterocycles. The highest BCUT2D eigenvalue weighted by Gasteiger charge is 2.03. The van der Waals surface area contributed by atoms with Gasteiger partial charge in [-0.3, -0.25) is 0 Å². The molecule has 0 radical (unpaired) electrons. The number of amides is 8. The van der Waals surface area contributed by atoms with Gasteiger partial charge < -0.3 is 66.3 Å². The Morgan fingerprint density at radius 3 is 0.840 bits per heavy atom. The average molecular weight is 725 g/mol. The molecule has 4 aromatic rings. The number of nitrogens with two attached hydrogens (primary N) is 6. The molecule has 16 nitrogen and oxygen atoms in total. The number of nitrogen functional groups attached to an aromatic ring is 4. The number of urea groups is 4. The van der Waals surface area contributed by atoms with E-state index in [9.17, 15) is 19.2 Å². The van der Waals surface area contributed by atoms with E-state index in [1.165, 1.54) is 0 Å². The van der Waals surface area contributed by atoms with E-state index in [1.54, 1.807) is 97.1 Å². The van der Waals surface area contributed by atoms with Crippen molar-refractivity contribution < 1.29 is 19.2 Å². The Balaban J connectivity index is 0.000000359. The van der Waals surface area contributed by atoms with Crippen LogP contribution in [0.5, 0.6) is 0 Å². The number of benzene rings is 4. The third-order valence-corrected chi connectivity index (χ3v) is 5.94. The fourth-order valence-electron chi connectivity index (χ4n) is 3.24. The van der Waals surface area contributed by atoms with Crippen molar-refractivity contribution in [1.82, 2.24) is 10.6 Å². The molecule has 18 N–H and O–H groups in total. The quantitative estimate of drug-likeness (QED) is 0.0922. The fraction of sp³-hybridized carbons (Fsp3) is 0.125. The summed E-state index contributed by atoms with van der Waals surface area (Å²) in [5, 5.41) is 15.4. The van der Waals surface area contributed by atoms with E-state index in [0.29, 0.717) is 47.3 Å². The maximum atomic E-state index is 11.4. The van der Waals surface area contributed by atoms with Crippen LogP contribution in [0.25, 0.3) is 0 Å². The fourth-order valence-corrected chi connectivity index (χ4v) is 3.46. The van der Waals surface area contributed by atoms with Crippen LogP contribution in [0, 0.1) is 0 Å². The van der Waals surface area contributed by atoms with Gasteiger partial charge in [-0.1, -0.05) is 0 Å². The Labute approximate surface area is 301 Å². The standard InChI is InChI=1S/C12H18N4O2S2.C8H10N4O2.2C6H8N2/c17-11(13-5-7-19)15-9-1-2-10(4-3-9)16-12(18)14-6-8-20;9-7(13)11-5-1-2-6(4-3-5)12-8(10)14;2*7-5-1-2-6(8)4-3-5/h1-4,19-20H,5-8H2,(H2,13,15,17)(H2,14,16,18);1-4H,(H3,9,11,13)(H3,10,12,14);2*1-4H,7-8H2. The lowest BCUT2D eigenvalue weighted by atomic mass is 10.3. The van der Waals surface area contributed by atoms with Gasteiger partial charge in [0.1, 0.15) is 0 Å². The van der Waals surface area contributed by atoms with Crippen LogP contribution >= 0.6 is 25.3 Å². The van der Waals surface area contributed by atoms with Crippen molar-refractivity contribution >= 4 is 94.9 Å². The van der Waals surface area contributed by atoms with Gasteiger partial charge in [-0.05, 0) is 97.1 Å². The van der Waals surface area contributed by atoms with E-state index in [1.807, 2.05) is 0 Å². The van der Waals surface area contributed by atoms with Crippen molar-refractivity contribution in [2.45, 2.75) is 0 Å². The molecule has 8 amide bonds. The molecule has 268 valence electrons. The van der Waals surface area contributed by atoms with Crippen molar-refractivity contribution in [2.24, 2.45) is 11.5 Å². The van der Waals surface area contributed by atoms with Gasteiger partial charge >= 0.3 is 24.1 Å². The molecule has 0 aromatic heterocycles. The number of carbonyl (C=O) groups is 4. The average Bonchev–Trinajstić information content (AvgIpc) is 3.08. The van der Waals surface area contributed by atoms with E-state index in [2.05, 4.69) is 57.2 Å². The van der Waals surface area contributed by atoms with Crippen molar-refractivity contribution in [3.63, 3.8) is 0 Å². The SMILES string of the molecule is NC(=O)Nc1ccc(NC(N)=O)cc1.Nc1ccc(N)cc1.Nc1ccc(N)cc1.O=C(NCCS)Nc1ccc(NC(=O)NCCS)cc1. The summed E-state index contributed by atoms with van der Waals surface area (Å²) in [6.07, 6.45) is 0. The molecule has 0 spiro atoms. The van der Waals surface area contributed by atoms with Gasteiger partial charge in [0.2, 0.25) is 0 Å². The third kappa shape index (κ3) is 20.9. The Morgan fingerprint density at radius 1 is 0.420 bits per heavy atom. The summed E-state index contributed by atoms with van der Waals surface area (Å²) in [7, 11) is 0. The van der Waals surface area contributed by atoms with Crippen LogP contribution in [-0.4, -0.2) is 48.7 Å². The first-order valence-electron chi connectivity index (χ1n) is 14.7. The second-order valence-corrected chi connectivity index (χ2v) is 10.6. The molecule has 4 aromatic carbocycles. The van der Waals surface area contributed by atoms with Gasteiger partial charge in [0.15, 0.2) is 0 Å². The predicted molar refractivity (Wildman–Crippen MR) is 212 cm³/mol. The number of hydrogen-bond acceptors (Lipinski definition) is 10. The minimum Gasteiger partial charge on any atom is -0.399 e. The summed E-state index contributed by atoms with van der Waals surface area (Å²) in [5.41, 5.74) is 36.7. The second kappa shape index (κ2) is 24.1. The minimum atomic E-state index is -0.638. The number of nitrogens with one attached hydrogen (secondary N) is 6. The van der Waals surface area contributed by atoms with E-state index < -0.39 is 12.1 Å². The van der Waals surface area contributed by atoms with Gasteiger partial charge in [-0.25, -0.2) is 19.2 Å². The molecule has 0 unspecified atom stereocenters. The molecule has 4 rings (SSSR count). The lowest BCUT2D eigenvalue weighted by molar-refractivity contribution is 0.251. The zero-order valence-corrected chi connectivity index (χ0v) is 28.8. The van der Waals surface area contributed by atoms with Crippen LogP contribution in [0.2, 0.25) is 0 Å². The number of anilines is 8. The van der Waals surface area contributed by atoms with Gasteiger partial charge in [-0.2, -0.15) is 25.3 Å². The first kappa shape index (κ1) is 41.9. The van der Waals surface area contributed by atoms with Crippen molar-refractivity contribution in [1.29, 1.82) is 0 Å². The summed E-state index contributed by atoms with van der Waals surface area (Å²) < 4.78 is 0. The smallest absolute Gasteiger partial charge is 0.319 e. The molecule has 0 saturated heterocycles. The van der Waals surface area contributed by atoms with Crippen molar-refractivity contribution in [2.75, 3.05) is 68.8 Å². The summed E-state index contributed by atoms with van der Waals surface area (Å²) in [5.74, 6) is 1.16. The van der Waals surface area contributed by atoms with Crippen molar-refractivity contribution in [3.05, 3.63) is 97.1 Å². The first-order chi connectivity index (χ1) is 23.8. The summed E-state index contributed by atoms with van der Waals surface area (Å²) in [6.45, 7) is 1.000. The van der Waals surface area contributed by atoms with Crippen LogP contribution in [-0.2, 0) is 0 Å². The Bertz CT molecular complexity index is 1430. The molecule has 0 fully saturated rings. The maximum absolute atomic E-state index is 11.4. The van der Waals surface area contributed by atoms with Crippen LogP contribution in [0.1, 0.15) is 0 Å². The molecule has 18 heteroatoms. The number of hydrogen-bond donors (Lipinski definition) is 14. The molecule has 0 bridgehead atoms. The van der Waals surface area contributed by atoms with E-state index in [4.69, 9.17) is 34.4 Å². The summed E-state index contributed by atoms with van der Waals surface area (Å²) >= 11 is 7.99. The molecular weight excluding hydrogens is 681 g/mol. The van der Waals surface area contributed by atoms with Crippen molar-refractivity contribution in [3.8, 4) is 0 Å². The van der Waals surface area contributed by atoms with Gasteiger partial charge in [0.25, 0.3) is 0 Å². The van der Waals surface area contributed by atoms with Gasteiger partial charge in [-0.15, -0.1) is 0 Å². The van der Waals surface area contributed by atoms with Gasteiger partial charge in [0.05, 0.1) is 0 Å². The van der Waals surface area contributed by atoms with Crippen LogP contribution in [0.3, 0.4) is 0 Å². The molecule has 0 aliphatic carbocycles. The molecule has 0 saturated carbocycles. The highest BCUT2D eigenvalue weighted by atomic mass is 32.1. The zero-order valence-electron chi connectivity index (χ0n) is 27.1. The highest BCUT2D eigenvalue weighted by molar-refractivity contribution is 7.80. The Morgan fingerprint density at radius 2 is 0.640 bits per heavy atom. The maximum Gasteiger partial charge on any atom is 0.319 e. The van der Waals surface area contributed by atoms with Gasteiger partial charge in [0, 0.05) is 70.1 Å². The highest BCUT2D eigenvalue weighted by Crippen LogP contribution is 2.14. The molecular formula is C32H44N12O4S2. The first-order valence-corrected chi connectivity index (χ1v) is 15.9. The van der Waals surface area contributed by atoms with Crippen LogP contribution in [0.4, 0.5) is 64.7 Å². The predicted octanol–water partition coefficient (Wildman–Crippen LogP) is 4.16. The molecule has 0 aliphatic heterocycles. The van der Waals surface area contributed by atoms with E-state index in [-0.39, 0.29) is 12.1 Å². The zero-order chi connectivity index (χ0) is 37.3. The normalized spacial score (nSPS) is 9.32. The van der Waals surface area contributed by atoms with E-state index in [0.717, 1.165) is 22.7 Å². The van der Waals surface area contributed by atoms with E-state index >= 15 is 0 Å². The Kier molecular flexibility index (Phi) is 20.2. The topological polar surface area (TPSA) is 297 Å². The number of primary amides is 2. The summed E-state index contributed by atoms with van der Waals surface area (Å²) in [4.78, 5) is 43.7. The Hall–Kier alpha value is -6.14. The lowest BCUT2D eigenvalue weighted by Crippen LogP contribution is -2.30. The number of carbonyl (C=O) groups excluding carboxylic acids is 4. The third-order valence-electron chi connectivity index (χ3n) is 5.49. The van der Waals surface area contributed by atoms with Crippen LogP contribution in [0.15, 0.2) is 97.1 Å². The largest absolute Gasteiger partial charge is 0.399 e.